The Labute approximate surface area is 65.9 Å². The number of nitrogens with two attached hydrogens (primary N) is 1. The molecule has 2 N–H and O–H groups in total. The topological polar surface area (TPSA) is 38.9 Å². The molecule has 10 heavy (non-hydrogen) atoms. The molecule has 0 aromatic carbocycles. The average molecular weight is 154 g/mol. The van der Waals surface area contributed by atoms with Gasteiger partial charge in [-0.15, -0.1) is 0 Å². The molecule has 0 amide bonds. The third-order valence-electron chi connectivity index (χ3n) is 1.33. The normalized spacial score (nSPS) is 13.1. The monoisotopic (exact) mass is 154 g/mol. The molecule has 1 aromatic rings. The Balaban J connectivity index is 3.03. The maximum atomic E-state index is 5.52. The van der Waals surface area contributed by atoms with Crippen LogP contribution in [0.5, 0.6) is 0 Å². The Morgan fingerprint density at radius 3 is 2.80 bits per heavy atom. The first kappa shape index (κ1) is 7.57. The maximum absolute atomic E-state index is 5.52. The largest absolute Gasteiger partial charge is 0.315 e. The molecule has 3 heteroatoms. The van der Waals surface area contributed by atoms with Crippen LogP contribution in [0, 0.1) is 6.92 Å². The van der Waals surface area contributed by atoms with E-state index >= 15 is 0 Å². The molecule has 1 aromatic heterocycles. The lowest BCUT2D eigenvalue weighted by Crippen LogP contribution is -2.06. The van der Waals surface area contributed by atoms with Gasteiger partial charge in [0.2, 0.25) is 0 Å². The van der Waals surface area contributed by atoms with Crippen LogP contribution < -0.4 is 5.73 Å². The van der Waals surface area contributed by atoms with E-state index in [9.17, 15) is 0 Å². The first-order chi connectivity index (χ1) is 4.72. The van der Waals surface area contributed by atoms with Gasteiger partial charge < -0.3 is 5.73 Å². The van der Waals surface area contributed by atoms with E-state index in [-0.39, 0.29) is 5.37 Å². The highest BCUT2D eigenvalue weighted by molar-refractivity contribution is 7.80. The molecular formula is C7H10N2S. The van der Waals surface area contributed by atoms with Gasteiger partial charge in [0.25, 0.3) is 0 Å². The number of thiol groups is 1. The molecule has 1 rings (SSSR count). The smallest absolute Gasteiger partial charge is 0.0911 e. The highest BCUT2D eigenvalue weighted by Gasteiger charge is 2.02. The van der Waals surface area contributed by atoms with Gasteiger partial charge >= 0.3 is 0 Å². The number of hydrogen-bond acceptors (Lipinski definition) is 3. The van der Waals surface area contributed by atoms with Crippen molar-refractivity contribution in [2.24, 2.45) is 5.73 Å². The molecule has 0 saturated carbocycles. The summed E-state index contributed by atoms with van der Waals surface area (Å²) in [4.78, 5) is 4.08. The summed E-state index contributed by atoms with van der Waals surface area (Å²) in [5, 5.41) is -0.263. The van der Waals surface area contributed by atoms with Crippen molar-refractivity contribution in [1.29, 1.82) is 0 Å². The summed E-state index contributed by atoms with van der Waals surface area (Å²) in [5.41, 5.74) is 7.46. The van der Waals surface area contributed by atoms with Gasteiger partial charge in [-0.25, -0.2) is 0 Å². The number of rotatable bonds is 1. The first-order valence-corrected chi connectivity index (χ1v) is 3.58. The SMILES string of the molecule is Cc1cccnc1C(N)S. The fourth-order valence-corrected chi connectivity index (χ4v) is 1.08. The summed E-state index contributed by atoms with van der Waals surface area (Å²) in [5.74, 6) is 0. The van der Waals surface area contributed by atoms with E-state index < -0.39 is 0 Å². The van der Waals surface area contributed by atoms with Crippen molar-refractivity contribution in [2.45, 2.75) is 12.3 Å². The fourth-order valence-electron chi connectivity index (χ4n) is 0.808. The van der Waals surface area contributed by atoms with E-state index in [0.29, 0.717) is 0 Å². The fraction of sp³-hybridized carbons (Fsp3) is 0.286. The highest BCUT2D eigenvalue weighted by Crippen LogP contribution is 2.13. The first-order valence-electron chi connectivity index (χ1n) is 3.07. The Kier molecular flexibility index (Phi) is 2.29. The van der Waals surface area contributed by atoms with Crippen LogP contribution in [-0.2, 0) is 0 Å². The Morgan fingerprint density at radius 1 is 1.70 bits per heavy atom. The van der Waals surface area contributed by atoms with Crippen LogP contribution in [0.1, 0.15) is 16.6 Å². The van der Waals surface area contributed by atoms with E-state index in [4.69, 9.17) is 5.73 Å². The van der Waals surface area contributed by atoms with Crippen LogP contribution in [0.2, 0.25) is 0 Å². The zero-order valence-electron chi connectivity index (χ0n) is 5.78. The number of aryl methyl sites for hydroxylation is 1. The van der Waals surface area contributed by atoms with Crippen LogP contribution >= 0.6 is 12.6 Å². The van der Waals surface area contributed by atoms with Crippen molar-refractivity contribution >= 4 is 12.6 Å². The quantitative estimate of drug-likeness (QED) is 0.472. The molecular weight excluding hydrogens is 144 g/mol. The second-order valence-electron chi connectivity index (χ2n) is 2.15. The Bertz CT molecular complexity index is 223. The van der Waals surface area contributed by atoms with E-state index in [2.05, 4.69) is 17.6 Å². The van der Waals surface area contributed by atoms with Gasteiger partial charge in [-0.1, -0.05) is 6.07 Å². The van der Waals surface area contributed by atoms with Crippen LogP contribution in [0.25, 0.3) is 0 Å². The number of aromatic nitrogens is 1. The van der Waals surface area contributed by atoms with Gasteiger partial charge in [0.15, 0.2) is 0 Å². The molecule has 0 aliphatic carbocycles. The van der Waals surface area contributed by atoms with Gasteiger partial charge in [-0.05, 0) is 18.6 Å². The molecule has 1 heterocycles. The molecule has 0 radical (unpaired) electrons. The maximum Gasteiger partial charge on any atom is 0.0911 e. The lowest BCUT2D eigenvalue weighted by atomic mass is 10.2. The number of pyridine rings is 1. The lowest BCUT2D eigenvalue weighted by Gasteiger charge is -2.05. The highest BCUT2D eigenvalue weighted by atomic mass is 32.1. The molecule has 0 aliphatic rings. The second-order valence-corrected chi connectivity index (χ2v) is 2.71. The van der Waals surface area contributed by atoms with Gasteiger partial charge in [-0.2, -0.15) is 12.6 Å². The van der Waals surface area contributed by atoms with Crippen molar-refractivity contribution < 1.29 is 0 Å². The molecule has 0 aliphatic heterocycles. The van der Waals surface area contributed by atoms with E-state index in [1.165, 1.54) is 0 Å². The molecule has 0 fully saturated rings. The zero-order chi connectivity index (χ0) is 7.56. The molecule has 0 bridgehead atoms. The molecule has 0 saturated heterocycles. The average Bonchev–Trinajstić information content (AvgIpc) is 1.88. The standard InChI is InChI=1S/C7H10N2S/c1-5-3-2-4-9-6(5)7(8)10/h2-4,7,10H,8H2,1H3. The molecule has 54 valence electrons. The third-order valence-corrected chi connectivity index (χ3v) is 1.57. The van der Waals surface area contributed by atoms with Crippen molar-refractivity contribution in [1.82, 2.24) is 4.98 Å². The van der Waals surface area contributed by atoms with Gasteiger partial charge in [0.05, 0.1) is 11.1 Å². The van der Waals surface area contributed by atoms with Crippen LogP contribution in [0.4, 0.5) is 0 Å². The summed E-state index contributed by atoms with van der Waals surface area (Å²) in [7, 11) is 0. The molecule has 2 nitrogen and oxygen atoms in total. The van der Waals surface area contributed by atoms with Crippen molar-refractivity contribution in [3.05, 3.63) is 29.6 Å². The van der Waals surface area contributed by atoms with E-state index in [1.807, 2.05) is 19.1 Å². The van der Waals surface area contributed by atoms with Crippen molar-refractivity contribution in [2.75, 3.05) is 0 Å². The summed E-state index contributed by atoms with van der Waals surface area (Å²) < 4.78 is 0. The minimum atomic E-state index is -0.263. The van der Waals surface area contributed by atoms with Gasteiger partial charge in [-0.3, -0.25) is 4.98 Å². The second kappa shape index (κ2) is 3.03. The van der Waals surface area contributed by atoms with E-state index in [1.54, 1.807) is 6.20 Å². The summed E-state index contributed by atoms with van der Waals surface area (Å²) >= 11 is 4.07. The Morgan fingerprint density at radius 2 is 2.40 bits per heavy atom. The van der Waals surface area contributed by atoms with Crippen LogP contribution in [0.3, 0.4) is 0 Å². The predicted octanol–water partition coefficient (Wildman–Crippen LogP) is 1.28. The van der Waals surface area contributed by atoms with E-state index in [0.717, 1.165) is 11.3 Å². The van der Waals surface area contributed by atoms with Crippen LogP contribution in [0.15, 0.2) is 18.3 Å². The predicted molar refractivity (Wildman–Crippen MR) is 44.9 cm³/mol. The van der Waals surface area contributed by atoms with Crippen LogP contribution in [-0.4, -0.2) is 4.98 Å². The van der Waals surface area contributed by atoms with Gasteiger partial charge in [0, 0.05) is 6.20 Å². The summed E-state index contributed by atoms with van der Waals surface area (Å²) in [6.45, 7) is 1.97. The van der Waals surface area contributed by atoms with Crippen molar-refractivity contribution in [3.63, 3.8) is 0 Å². The Hall–Kier alpha value is -0.540. The molecule has 0 spiro atoms. The molecule has 1 unspecified atom stereocenters. The van der Waals surface area contributed by atoms with Gasteiger partial charge in [0.1, 0.15) is 0 Å². The summed E-state index contributed by atoms with van der Waals surface area (Å²) in [6.07, 6.45) is 1.72. The zero-order valence-corrected chi connectivity index (χ0v) is 6.68. The number of nitrogens with zero attached hydrogens (tertiary/aromatic N) is 1. The number of hydrogen-bond donors (Lipinski definition) is 2. The minimum Gasteiger partial charge on any atom is -0.315 e. The minimum absolute atomic E-state index is 0.263. The lowest BCUT2D eigenvalue weighted by molar-refractivity contribution is 0.950. The summed E-state index contributed by atoms with van der Waals surface area (Å²) in [6, 6.07) is 3.85. The third kappa shape index (κ3) is 1.49. The van der Waals surface area contributed by atoms with Crippen molar-refractivity contribution in [3.8, 4) is 0 Å². The molecule has 1 atom stereocenters.